The lowest BCUT2D eigenvalue weighted by Gasteiger charge is -2.11. The third-order valence-electron chi connectivity index (χ3n) is 5.04. The highest BCUT2D eigenvalue weighted by Gasteiger charge is 2.12. The number of carbonyl (C=O) groups is 1. The highest BCUT2D eigenvalue weighted by Crippen LogP contribution is 2.21. The van der Waals surface area contributed by atoms with Gasteiger partial charge in [-0.25, -0.2) is 5.43 Å². The van der Waals surface area contributed by atoms with E-state index in [0.717, 1.165) is 21.2 Å². The largest absolute Gasteiger partial charge is 0.488 e. The number of para-hydroxylation sites is 2. The zero-order valence-electron chi connectivity index (χ0n) is 18.7. The van der Waals surface area contributed by atoms with Crippen LogP contribution in [0.2, 0.25) is 5.02 Å². The SMILES string of the molecule is O=C(N/N=C\c1ccccc1OCc1ccc(Br)cc1)c1ccccc1OCc1ccc(Cl)cc1. The molecule has 0 radical (unpaired) electrons. The molecule has 0 unspecified atom stereocenters. The van der Waals surface area contributed by atoms with Crippen molar-refractivity contribution in [1.29, 1.82) is 0 Å². The van der Waals surface area contributed by atoms with Gasteiger partial charge < -0.3 is 9.47 Å². The third kappa shape index (κ3) is 7.18. The molecule has 4 rings (SSSR count). The predicted octanol–water partition coefficient (Wildman–Crippen LogP) is 7.02. The van der Waals surface area contributed by atoms with E-state index >= 15 is 0 Å². The third-order valence-corrected chi connectivity index (χ3v) is 5.82. The number of carbonyl (C=O) groups excluding carboxylic acids is 1. The predicted molar refractivity (Wildman–Crippen MR) is 142 cm³/mol. The van der Waals surface area contributed by atoms with Gasteiger partial charge in [0.2, 0.25) is 0 Å². The number of nitrogens with one attached hydrogen (secondary N) is 1. The van der Waals surface area contributed by atoms with Crippen LogP contribution in [0.4, 0.5) is 0 Å². The number of nitrogens with zero attached hydrogens (tertiary/aromatic N) is 1. The molecule has 0 aromatic heterocycles. The Labute approximate surface area is 217 Å². The molecule has 4 aromatic carbocycles. The summed E-state index contributed by atoms with van der Waals surface area (Å²) >= 11 is 9.36. The van der Waals surface area contributed by atoms with Gasteiger partial charge >= 0.3 is 0 Å². The van der Waals surface area contributed by atoms with Gasteiger partial charge in [0.05, 0.1) is 11.8 Å². The second kappa shape index (κ2) is 12.2. The summed E-state index contributed by atoms with van der Waals surface area (Å²) in [5.74, 6) is 0.759. The number of ether oxygens (including phenoxy) is 2. The Morgan fingerprint density at radius 2 is 1.37 bits per heavy atom. The molecule has 0 aliphatic rings. The smallest absolute Gasteiger partial charge is 0.275 e. The summed E-state index contributed by atoms with van der Waals surface area (Å²) < 4.78 is 12.8. The summed E-state index contributed by atoms with van der Waals surface area (Å²) in [5.41, 5.74) is 5.70. The molecule has 7 heteroatoms. The number of hydrogen-bond acceptors (Lipinski definition) is 4. The minimum atomic E-state index is -0.374. The average molecular weight is 550 g/mol. The Morgan fingerprint density at radius 3 is 2.09 bits per heavy atom. The molecule has 0 atom stereocenters. The van der Waals surface area contributed by atoms with Gasteiger partial charge in [-0.2, -0.15) is 5.10 Å². The average Bonchev–Trinajstić information content (AvgIpc) is 2.89. The van der Waals surface area contributed by atoms with Gasteiger partial charge in [-0.05, 0) is 59.7 Å². The fraction of sp³-hybridized carbons (Fsp3) is 0.0714. The van der Waals surface area contributed by atoms with Gasteiger partial charge in [-0.3, -0.25) is 4.79 Å². The normalized spacial score (nSPS) is 10.8. The molecule has 4 aromatic rings. The Morgan fingerprint density at radius 1 is 0.800 bits per heavy atom. The van der Waals surface area contributed by atoms with Crippen LogP contribution in [0.3, 0.4) is 0 Å². The van der Waals surface area contributed by atoms with Crippen molar-refractivity contribution in [2.24, 2.45) is 5.10 Å². The second-order valence-corrected chi connectivity index (χ2v) is 8.92. The van der Waals surface area contributed by atoms with E-state index in [2.05, 4.69) is 26.5 Å². The quantitative estimate of drug-likeness (QED) is 0.180. The Balaban J connectivity index is 1.38. The summed E-state index contributed by atoms with van der Waals surface area (Å²) in [6, 6.07) is 29.8. The lowest BCUT2D eigenvalue weighted by Crippen LogP contribution is -2.18. The number of hydrazone groups is 1. The number of benzene rings is 4. The molecule has 1 amide bonds. The number of rotatable bonds is 9. The topological polar surface area (TPSA) is 59.9 Å². The first kappa shape index (κ1) is 24.5. The van der Waals surface area contributed by atoms with E-state index in [1.807, 2.05) is 66.7 Å². The molecule has 0 saturated heterocycles. The number of amides is 1. The highest BCUT2D eigenvalue weighted by molar-refractivity contribution is 9.10. The van der Waals surface area contributed by atoms with Crippen molar-refractivity contribution in [1.82, 2.24) is 5.43 Å². The molecule has 5 nitrogen and oxygen atoms in total. The summed E-state index contributed by atoms with van der Waals surface area (Å²) in [7, 11) is 0. The molecule has 0 aliphatic carbocycles. The van der Waals surface area contributed by atoms with Crippen LogP contribution in [0.25, 0.3) is 0 Å². The van der Waals surface area contributed by atoms with Crippen LogP contribution in [0.15, 0.2) is 107 Å². The van der Waals surface area contributed by atoms with Crippen LogP contribution in [0, 0.1) is 0 Å². The van der Waals surface area contributed by atoms with Gasteiger partial charge in [-0.1, -0.05) is 76.1 Å². The number of hydrogen-bond donors (Lipinski definition) is 1. The first-order chi connectivity index (χ1) is 17.1. The van der Waals surface area contributed by atoms with Crippen molar-refractivity contribution in [3.8, 4) is 11.5 Å². The van der Waals surface area contributed by atoms with Gasteiger partial charge in [0, 0.05) is 15.1 Å². The van der Waals surface area contributed by atoms with Crippen molar-refractivity contribution in [2.45, 2.75) is 13.2 Å². The van der Waals surface area contributed by atoms with Crippen molar-refractivity contribution < 1.29 is 14.3 Å². The minimum absolute atomic E-state index is 0.313. The Bertz CT molecular complexity index is 1310. The lowest BCUT2D eigenvalue weighted by atomic mass is 10.2. The van der Waals surface area contributed by atoms with Crippen molar-refractivity contribution >= 4 is 39.7 Å². The molecule has 0 heterocycles. The Hall–Kier alpha value is -3.61. The van der Waals surface area contributed by atoms with Gasteiger partial charge in [0.15, 0.2) is 0 Å². The molecule has 35 heavy (non-hydrogen) atoms. The van der Waals surface area contributed by atoms with Crippen molar-refractivity contribution in [2.75, 3.05) is 0 Å². The molecule has 1 N–H and O–H groups in total. The fourth-order valence-corrected chi connectivity index (χ4v) is 3.59. The van der Waals surface area contributed by atoms with E-state index in [0.29, 0.717) is 35.3 Å². The lowest BCUT2D eigenvalue weighted by molar-refractivity contribution is 0.0950. The van der Waals surface area contributed by atoms with E-state index in [1.165, 1.54) is 0 Å². The maximum absolute atomic E-state index is 12.8. The molecule has 176 valence electrons. The van der Waals surface area contributed by atoms with Crippen molar-refractivity contribution in [3.05, 3.63) is 129 Å². The molecule has 0 bridgehead atoms. The van der Waals surface area contributed by atoms with E-state index in [1.54, 1.807) is 36.5 Å². The summed E-state index contributed by atoms with van der Waals surface area (Å²) in [6.07, 6.45) is 1.56. The molecular weight excluding hydrogens is 528 g/mol. The molecule has 0 aliphatic heterocycles. The fourth-order valence-electron chi connectivity index (χ4n) is 3.20. The summed E-state index contributed by atoms with van der Waals surface area (Å²) in [5, 5.41) is 4.79. The van der Waals surface area contributed by atoms with E-state index < -0.39 is 0 Å². The van der Waals surface area contributed by atoms with E-state index in [4.69, 9.17) is 21.1 Å². The van der Waals surface area contributed by atoms with Crippen LogP contribution >= 0.6 is 27.5 Å². The van der Waals surface area contributed by atoms with Gasteiger partial charge in [0.25, 0.3) is 5.91 Å². The molecule has 0 spiro atoms. The van der Waals surface area contributed by atoms with Crippen LogP contribution < -0.4 is 14.9 Å². The molecular formula is C28H22BrClN2O3. The van der Waals surface area contributed by atoms with Crippen LogP contribution in [-0.2, 0) is 13.2 Å². The Kier molecular flexibility index (Phi) is 8.54. The van der Waals surface area contributed by atoms with E-state index in [-0.39, 0.29) is 5.91 Å². The summed E-state index contributed by atoms with van der Waals surface area (Å²) in [4.78, 5) is 12.8. The van der Waals surface area contributed by atoms with Crippen LogP contribution in [0.1, 0.15) is 27.0 Å². The number of halogens is 2. The maximum atomic E-state index is 12.8. The monoisotopic (exact) mass is 548 g/mol. The first-order valence-electron chi connectivity index (χ1n) is 10.8. The van der Waals surface area contributed by atoms with Crippen LogP contribution in [-0.4, -0.2) is 12.1 Å². The summed E-state index contributed by atoms with van der Waals surface area (Å²) in [6.45, 7) is 0.733. The molecule has 0 fully saturated rings. The van der Waals surface area contributed by atoms with Crippen molar-refractivity contribution in [3.63, 3.8) is 0 Å². The zero-order chi connectivity index (χ0) is 24.5. The first-order valence-corrected chi connectivity index (χ1v) is 12.0. The molecule has 0 saturated carbocycles. The zero-order valence-corrected chi connectivity index (χ0v) is 21.0. The minimum Gasteiger partial charge on any atom is -0.488 e. The highest BCUT2D eigenvalue weighted by atomic mass is 79.9. The second-order valence-electron chi connectivity index (χ2n) is 7.56. The van der Waals surface area contributed by atoms with Crippen LogP contribution in [0.5, 0.6) is 11.5 Å². The standard InChI is InChI=1S/C28H22BrClN2O3/c29-23-13-9-20(10-14-23)18-34-26-7-3-1-5-22(26)17-31-32-28(33)25-6-2-4-8-27(25)35-19-21-11-15-24(30)16-12-21/h1-17H,18-19H2,(H,32,33)/b31-17-. The van der Waals surface area contributed by atoms with Gasteiger partial charge in [0.1, 0.15) is 24.7 Å². The maximum Gasteiger partial charge on any atom is 0.275 e. The van der Waals surface area contributed by atoms with E-state index in [9.17, 15) is 4.79 Å². The van der Waals surface area contributed by atoms with Gasteiger partial charge in [-0.15, -0.1) is 0 Å².